The van der Waals surface area contributed by atoms with Crippen LogP contribution in [0, 0.1) is 0 Å². The maximum absolute atomic E-state index is 11.4. The van der Waals surface area contributed by atoms with E-state index < -0.39 is 0 Å². The number of carbonyl (C=O) groups excluding carboxylic acids is 1. The van der Waals surface area contributed by atoms with E-state index in [1.54, 1.807) is 6.92 Å². The lowest BCUT2D eigenvalue weighted by molar-refractivity contribution is -0.113. The van der Waals surface area contributed by atoms with Crippen molar-refractivity contribution in [2.24, 2.45) is 10.7 Å². The minimum absolute atomic E-state index is 0.0567. The number of guanidine groups is 1. The SMILES string of the molecule is CCC[C@H]1N=C(N)NC(C)=C1C(C)=O. The smallest absolute Gasteiger partial charge is 0.193 e. The van der Waals surface area contributed by atoms with Gasteiger partial charge >= 0.3 is 0 Å². The van der Waals surface area contributed by atoms with E-state index >= 15 is 0 Å². The summed E-state index contributed by atoms with van der Waals surface area (Å²) in [6.07, 6.45) is 1.86. The first-order valence-corrected chi connectivity index (χ1v) is 4.88. The largest absolute Gasteiger partial charge is 0.370 e. The molecule has 0 aromatic carbocycles. The molecule has 0 radical (unpaired) electrons. The van der Waals surface area contributed by atoms with Crippen molar-refractivity contribution in [1.29, 1.82) is 0 Å². The van der Waals surface area contributed by atoms with Gasteiger partial charge < -0.3 is 11.1 Å². The molecule has 0 bridgehead atoms. The van der Waals surface area contributed by atoms with Crippen molar-refractivity contribution in [1.82, 2.24) is 5.32 Å². The molecule has 0 saturated carbocycles. The molecule has 0 aromatic rings. The number of rotatable bonds is 3. The molecular weight excluding hydrogens is 178 g/mol. The van der Waals surface area contributed by atoms with Crippen LogP contribution in [0.2, 0.25) is 0 Å². The zero-order valence-corrected chi connectivity index (χ0v) is 8.92. The fourth-order valence-corrected chi connectivity index (χ4v) is 1.76. The zero-order chi connectivity index (χ0) is 10.7. The van der Waals surface area contributed by atoms with Gasteiger partial charge in [0.1, 0.15) is 0 Å². The Bertz CT molecular complexity index is 304. The summed E-state index contributed by atoms with van der Waals surface area (Å²) in [6, 6.07) is -0.0567. The second-order valence-electron chi connectivity index (χ2n) is 3.54. The summed E-state index contributed by atoms with van der Waals surface area (Å²) in [5.41, 5.74) is 7.20. The van der Waals surface area contributed by atoms with Gasteiger partial charge in [0.25, 0.3) is 0 Å². The summed E-state index contributed by atoms with van der Waals surface area (Å²) in [7, 11) is 0. The number of nitrogens with one attached hydrogen (secondary N) is 1. The van der Waals surface area contributed by atoms with Crippen molar-refractivity contribution in [3.63, 3.8) is 0 Å². The van der Waals surface area contributed by atoms with Gasteiger partial charge in [0.2, 0.25) is 0 Å². The summed E-state index contributed by atoms with van der Waals surface area (Å²) in [4.78, 5) is 15.6. The molecule has 1 rings (SSSR count). The van der Waals surface area contributed by atoms with Gasteiger partial charge in [0.15, 0.2) is 11.7 Å². The maximum atomic E-state index is 11.4. The number of ketones is 1. The first-order valence-electron chi connectivity index (χ1n) is 4.88. The normalized spacial score (nSPS) is 21.6. The van der Waals surface area contributed by atoms with Crippen molar-refractivity contribution >= 4 is 11.7 Å². The van der Waals surface area contributed by atoms with Crippen molar-refractivity contribution < 1.29 is 4.79 Å². The monoisotopic (exact) mass is 195 g/mol. The average molecular weight is 195 g/mol. The van der Waals surface area contributed by atoms with Crippen molar-refractivity contribution in [2.45, 2.75) is 39.7 Å². The third-order valence-corrected chi connectivity index (χ3v) is 2.29. The van der Waals surface area contributed by atoms with Gasteiger partial charge in [-0.3, -0.25) is 4.79 Å². The molecule has 0 aromatic heterocycles. The standard InChI is InChI=1S/C10H17N3O/c1-4-5-8-9(7(3)14)6(2)12-10(11)13-8/h8H,4-5H2,1-3H3,(H3,11,12,13)/t8-/m1/s1. The quantitative estimate of drug-likeness (QED) is 0.704. The fraction of sp³-hybridized carbons (Fsp3) is 0.600. The highest BCUT2D eigenvalue weighted by atomic mass is 16.1. The minimum atomic E-state index is -0.0567. The van der Waals surface area contributed by atoms with E-state index in [1.165, 1.54) is 0 Å². The summed E-state index contributed by atoms with van der Waals surface area (Å²) in [5, 5.41) is 2.89. The van der Waals surface area contributed by atoms with E-state index in [-0.39, 0.29) is 11.8 Å². The van der Waals surface area contributed by atoms with Crippen LogP contribution in [0.1, 0.15) is 33.6 Å². The number of carbonyl (C=O) groups is 1. The molecule has 0 unspecified atom stereocenters. The number of hydrogen-bond donors (Lipinski definition) is 2. The molecule has 3 N–H and O–H groups in total. The zero-order valence-electron chi connectivity index (χ0n) is 8.92. The van der Waals surface area contributed by atoms with Gasteiger partial charge in [-0.2, -0.15) is 0 Å². The molecule has 0 spiro atoms. The molecule has 0 aliphatic carbocycles. The number of allylic oxidation sites excluding steroid dienone is 1. The van der Waals surface area contributed by atoms with Crippen molar-refractivity contribution in [3.05, 3.63) is 11.3 Å². The Kier molecular flexibility index (Phi) is 3.28. The molecule has 1 atom stereocenters. The Morgan fingerprint density at radius 3 is 2.79 bits per heavy atom. The highest BCUT2D eigenvalue weighted by Crippen LogP contribution is 2.19. The fourth-order valence-electron chi connectivity index (χ4n) is 1.76. The second-order valence-corrected chi connectivity index (χ2v) is 3.54. The Balaban J connectivity index is 2.96. The van der Waals surface area contributed by atoms with E-state index in [2.05, 4.69) is 17.2 Å². The molecule has 1 heterocycles. The topological polar surface area (TPSA) is 67.5 Å². The summed E-state index contributed by atoms with van der Waals surface area (Å²) in [6.45, 7) is 5.50. The number of nitrogens with zero attached hydrogens (tertiary/aromatic N) is 1. The lowest BCUT2D eigenvalue weighted by Crippen LogP contribution is -2.38. The molecule has 78 valence electrons. The van der Waals surface area contributed by atoms with Gasteiger partial charge in [-0.15, -0.1) is 0 Å². The molecule has 0 amide bonds. The van der Waals surface area contributed by atoms with Crippen LogP contribution in [-0.2, 0) is 4.79 Å². The number of hydrogen-bond acceptors (Lipinski definition) is 4. The second kappa shape index (κ2) is 4.26. The summed E-state index contributed by atoms with van der Waals surface area (Å²) < 4.78 is 0. The number of Topliss-reactive ketones (excluding diaryl/α,β-unsaturated/α-hetero) is 1. The van der Waals surface area contributed by atoms with Gasteiger partial charge in [-0.25, -0.2) is 4.99 Å². The lowest BCUT2D eigenvalue weighted by Gasteiger charge is -2.23. The molecule has 1 aliphatic rings. The first kappa shape index (κ1) is 10.8. The highest BCUT2D eigenvalue weighted by Gasteiger charge is 2.23. The van der Waals surface area contributed by atoms with Crippen molar-refractivity contribution in [2.75, 3.05) is 0 Å². The van der Waals surface area contributed by atoms with E-state index in [9.17, 15) is 4.79 Å². The molecule has 4 heteroatoms. The molecular formula is C10H17N3O. The first-order chi connectivity index (χ1) is 6.56. The third kappa shape index (κ3) is 2.13. The molecule has 0 fully saturated rings. The summed E-state index contributed by atoms with van der Waals surface area (Å²) in [5.74, 6) is 0.482. The molecule has 4 nitrogen and oxygen atoms in total. The van der Waals surface area contributed by atoms with Crippen molar-refractivity contribution in [3.8, 4) is 0 Å². The Morgan fingerprint density at radius 2 is 2.29 bits per heavy atom. The molecule has 14 heavy (non-hydrogen) atoms. The van der Waals surface area contributed by atoms with Crippen LogP contribution in [0.3, 0.4) is 0 Å². The van der Waals surface area contributed by atoms with E-state index in [0.717, 1.165) is 24.1 Å². The van der Waals surface area contributed by atoms with Crippen LogP contribution < -0.4 is 11.1 Å². The third-order valence-electron chi connectivity index (χ3n) is 2.29. The van der Waals surface area contributed by atoms with Crippen LogP contribution in [0.25, 0.3) is 0 Å². The minimum Gasteiger partial charge on any atom is -0.370 e. The number of aliphatic imine (C=N–C) groups is 1. The molecule has 0 saturated heterocycles. The van der Waals surface area contributed by atoms with E-state index in [0.29, 0.717) is 5.96 Å². The van der Waals surface area contributed by atoms with Crippen LogP contribution in [0.15, 0.2) is 16.3 Å². The molecule has 1 aliphatic heterocycles. The number of nitrogens with two attached hydrogens (primary N) is 1. The highest BCUT2D eigenvalue weighted by molar-refractivity contribution is 5.97. The van der Waals surface area contributed by atoms with Crippen LogP contribution in [0.4, 0.5) is 0 Å². The summed E-state index contributed by atoms with van der Waals surface area (Å²) >= 11 is 0. The average Bonchev–Trinajstić information content (AvgIpc) is 2.01. The Morgan fingerprint density at radius 1 is 1.64 bits per heavy atom. The maximum Gasteiger partial charge on any atom is 0.193 e. The Hall–Kier alpha value is -1.32. The van der Waals surface area contributed by atoms with Crippen LogP contribution in [-0.4, -0.2) is 17.8 Å². The lowest BCUT2D eigenvalue weighted by atomic mass is 9.97. The van der Waals surface area contributed by atoms with E-state index in [4.69, 9.17) is 5.73 Å². The predicted molar refractivity (Wildman–Crippen MR) is 56.8 cm³/mol. The van der Waals surface area contributed by atoms with Gasteiger partial charge in [-0.1, -0.05) is 13.3 Å². The van der Waals surface area contributed by atoms with E-state index in [1.807, 2.05) is 6.92 Å². The van der Waals surface area contributed by atoms with Gasteiger partial charge in [0, 0.05) is 11.3 Å². The van der Waals surface area contributed by atoms with Gasteiger partial charge in [-0.05, 0) is 20.3 Å². The van der Waals surface area contributed by atoms with Gasteiger partial charge in [0.05, 0.1) is 6.04 Å². The van der Waals surface area contributed by atoms with Crippen LogP contribution in [0.5, 0.6) is 0 Å². The van der Waals surface area contributed by atoms with Crippen LogP contribution >= 0.6 is 0 Å². The predicted octanol–water partition coefficient (Wildman–Crippen LogP) is 0.936. The Labute approximate surface area is 84.3 Å².